The molecule has 0 spiro atoms. The molecular weight excluding hydrogens is 446 g/mol. The fourth-order valence-electron chi connectivity index (χ4n) is 4.81. The number of hydrogen-bond donors (Lipinski definition) is 2. The van der Waals surface area contributed by atoms with Crippen molar-refractivity contribution in [3.05, 3.63) is 52.6 Å². The van der Waals surface area contributed by atoms with Crippen molar-refractivity contribution in [3.8, 4) is 17.2 Å². The van der Waals surface area contributed by atoms with E-state index in [1.165, 1.54) is 30.2 Å². The van der Waals surface area contributed by atoms with Crippen molar-refractivity contribution in [2.24, 2.45) is 0 Å². The zero-order valence-corrected chi connectivity index (χ0v) is 20.6. The van der Waals surface area contributed by atoms with Crippen LogP contribution in [0.3, 0.4) is 0 Å². The highest BCUT2D eigenvalue weighted by atomic mass is 16.5. The maximum Gasteiger partial charge on any atom is 0.258 e. The van der Waals surface area contributed by atoms with Gasteiger partial charge in [-0.2, -0.15) is 0 Å². The van der Waals surface area contributed by atoms with Crippen LogP contribution in [0.1, 0.15) is 64.4 Å². The second-order valence-electron chi connectivity index (χ2n) is 9.46. The minimum atomic E-state index is -0.394. The number of piperidine rings is 1. The van der Waals surface area contributed by atoms with Crippen LogP contribution >= 0.6 is 0 Å². The molecule has 0 bridgehead atoms. The third-order valence-electron chi connectivity index (χ3n) is 6.79. The van der Waals surface area contributed by atoms with Crippen LogP contribution in [-0.4, -0.2) is 76.6 Å². The second-order valence-corrected chi connectivity index (χ2v) is 9.46. The molecule has 4 rings (SSSR count). The Morgan fingerprint density at radius 3 is 2.43 bits per heavy atom. The Labute approximate surface area is 206 Å². The number of carbonyl (C=O) groups is 2. The van der Waals surface area contributed by atoms with Crippen molar-refractivity contribution in [3.63, 3.8) is 0 Å². The SMILES string of the molecule is CCCN(C)C(=O)c1cc(C(=O)N2Cc3ccc(OCCN4CCCCC4)cc3C2)c(O)cc1O. The Morgan fingerprint density at radius 2 is 1.69 bits per heavy atom. The molecule has 0 radical (unpaired) electrons. The van der Waals surface area contributed by atoms with Gasteiger partial charge in [0.1, 0.15) is 23.9 Å². The standard InChI is InChI=1S/C27H35N3O5/c1-3-9-28(2)26(33)22-15-23(25(32)16-24(22)31)27(34)30-17-19-7-8-21(14-20(19)18-30)35-13-12-29-10-5-4-6-11-29/h7-8,14-16,31-32H,3-6,9-13,17-18H2,1-2H3. The Bertz CT molecular complexity index is 1080. The average molecular weight is 482 g/mol. The number of likely N-dealkylation sites (tertiary alicyclic amines) is 1. The molecule has 0 saturated carbocycles. The van der Waals surface area contributed by atoms with Crippen LogP contribution < -0.4 is 4.74 Å². The smallest absolute Gasteiger partial charge is 0.258 e. The van der Waals surface area contributed by atoms with Gasteiger partial charge in [0.05, 0.1) is 11.1 Å². The van der Waals surface area contributed by atoms with Crippen LogP contribution in [-0.2, 0) is 13.1 Å². The van der Waals surface area contributed by atoms with Gasteiger partial charge in [0.2, 0.25) is 0 Å². The van der Waals surface area contributed by atoms with Gasteiger partial charge in [-0.15, -0.1) is 0 Å². The van der Waals surface area contributed by atoms with Crippen LogP contribution in [0.4, 0.5) is 0 Å². The van der Waals surface area contributed by atoms with Crippen molar-refractivity contribution in [2.75, 3.05) is 39.8 Å². The number of hydrogen-bond acceptors (Lipinski definition) is 6. The summed E-state index contributed by atoms with van der Waals surface area (Å²) in [6, 6.07) is 8.24. The maximum atomic E-state index is 13.3. The fourth-order valence-corrected chi connectivity index (χ4v) is 4.81. The van der Waals surface area contributed by atoms with Gasteiger partial charge in [-0.25, -0.2) is 0 Å². The van der Waals surface area contributed by atoms with E-state index in [0.29, 0.717) is 26.2 Å². The zero-order valence-electron chi connectivity index (χ0n) is 20.6. The molecule has 2 aliphatic rings. The van der Waals surface area contributed by atoms with Crippen molar-refractivity contribution < 1.29 is 24.5 Å². The number of amides is 2. The summed E-state index contributed by atoms with van der Waals surface area (Å²) in [4.78, 5) is 31.5. The first-order valence-corrected chi connectivity index (χ1v) is 12.4. The number of benzene rings is 2. The summed E-state index contributed by atoms with van der Waals surface area (Å²) in [5, 5.41) is 20.6. The lowest BCUT2D eigenvalue weighted by atomic mass is 10.1. The van der Waals surface area contributed by atoms with E-state index >= 15 is 0 Å². The fraction of sp³-hybridized carbons (Fsp3) is 0.481. The van der Waals surface area contributed by atoms with E-state index in [1.807, 2.05) is 25.1 Å². The highest BCUT2D eigenvalue weighted by Gasteiger charge is 2.28. The molecule has 0 unspecified atom stereocenters. The van der Waals surface area contributed by atoms with Gasteiger partial charge in [0, 0.05) is 39.3 Å². The second kappa shape index (κ2) is 11.0. The molecule has 188 valence electrons. The summed E-state index contributed by atoms with van der Waals surface area (Å²) < 4.78 is 5.98. The monoisotopic (exact) mass is 481 g/mol. The van der Waals surface area contributed by atoms with E-state index < -0.39 is 11.8 Å². The number of phenolic OH excluding ortho intramolecular Hbond substituents is 2. The van der Waals surface area contributed by atoms with Gasteiger partial charge >= 0.3 is 0 Å². The van der Waals surface area contributed by atoms with E-state index in [0.717, 1.165) is 49.0 Å². The topological polar surface area (TPSA) is 93.6 Å². The molecular formula is C27H35N3O5. The van der Waals surface area contributed by atoms with E-state index in [4.69, 9.17) is 4.74 Å². The molecule has 0 atom stereocenters. The number of ether oxygens (including phenoxy) is 1. The molecule has 0 aliphatic carbocycles. The first-order chi connectivity index (χ1) is 16.9. The predicted octanol–water partition coefficient (Wildman–Crippen LogP) is 3.60. The summed E-state index contributed by atoms with van der Waals surface area (Å²) in [5.41, 5.74) is 2.04. The normalized spacial score (nSPS) is 15.7. The third kappa shape index (κ3) is 5.70. The predicted molar refractivity (Wildman–Crippen MR) is 133 cm³/mol. The van der Waals surface area contributed by atoms with Gasteiger partial charge < -0.3 is 24.7 Å². The number of phenols is 2. The minimum Gasteiger partial charge on any atom is -0.507 e. The number of carbonyl (C=O) groups excluding carboxylic acids is 2. The average Bonchev–Trinajstić information content (AvgIpc) is 3.28. The molecule has 2 aliphatic heterocycles. The molecule has 2 heterocycles. The summed E-state index contributed by atoms with van der Waals surface area (Å²) in [6.07, 6.45) is 4.59. The van der Waals surface area contributed by atoms with Crippen molar-refractivity contribution in [2.45, 2.75) is 45.7 Å². The lowest BCUT2D eigenvalue weighted by Gasteiger charge is -2.26. The summed E-state index contributed by atoms with van der Waals surface area (Å²) in [7, 11) is 1.64. The number of fused-ring (bicyclic) bond motifs is 1. The van der Waals surface area contributed by atoms with Gasteiger partial charge in [-0.1, -0.05) is 19.4 Å². The summed E-state index contributed by atoms with van der Waals surface area (Å²) >= 11 is 0. The molecule has 1 fully saturated rings. The summed E-state index contributed by atoms with van der Waals surface area (Å²) in [6.45, 7) is 7.08. The quantitative estimate of drug-likeness (QED) is 0.599. The van der Waals surface area contributed by atoms with Crippen molar-refractivity contribution in [1.29, 1.82) is 0 Å². The van der Waals surface area contributed by atoms with Crippen LogP contribution in [0.15, 0.2) is 30.3 Å². The number of aromatic hydroxyl groups is 2. The van der Waals surface area contributed by atoms with E-state index in [1.54, 1.807) is 11.9 Å². The van der Waals surface area contributed by atoms with E-state index in [-0.39, 0.29) is 22.6 Å². The lowest BCUT2D eigenvalue weighted by molar-refractivity contribution is 0.0748. The molecule has 35 heavy (non-hydrogen) atoms. The minimum absolute atomic E-state index is 0.00172. The Morgan fingerprint density at radius 1 is 0.971 bits per heavy atom. The largest absolute Gasteiger partial charge is 0.507 e. The van der Waals surface area contributed by atoms with E-state index in [2.05, 4.69) is 4.90 Å². The van der Waals surface area contributed by atoms with Gasteiger partial charge in [-0.05, 0) is 61.7 Å². The van der Waals surface area contributed by atoms with Gasteiger partial charge in [0.15, 0.2) is 0 Å². The summed E-state index contributed by atoms with van der Waals surface area (Å²) in [5.74, 6) is -0.690. The highest BCUT2D eigenvalue weighted by Crippen LogP contribution is 2.33. The number of rotatable bonds is 8. The molecule has 2 amide bonds. The van der Waals surface area contributed by atoms with E-state index in [9.17, 15) is 19.8 Å². The van der Waals surface area contributed by atoms with Gasteiger partial charge in [0.25, 0.3) is 11.8 Å². The molecule has 2 aromatic carbocycles. The molecule has 8 nitrogen and oxygen atoms in total. The van der Waals surface area contributed by atoms with Crippen molar-refractivity contribution >= 4 is 11.8 Å². The molecule has 8 heteroatoms. The van der Waals surface area contributed by atoms with Crippen LogP contribution in [0.5, 0.6) is 17.2 Å². The molecule has 2 aromatic rings. The lowest BCUT2D eigenvalue weighted by Crippen LogP contribution is -2.33. The Hall–Kier alpha value is -3.26. The third-order valence-corrected chi connectivity index (χ3v) is 6.79. The van der Waals surface area contributed by atoms with Crippen molar-refractivity contribution in [1.82, 2.24) is 14.7 Å². The molecule has 2 N–H and O–H groups in total. The van der Waals surface area contributed by atoms with Crippen LogP contribution in [0, 0.1) is 0 Å². The first-order valence-electron chi connectivity index (χ1n) is 12.4. The van der Waals surface area contributed by atoms with Gasteiger partial charge in [-0.3, -0.25) is 14.5 Å². The first kappa shape index (κ1) is 24.9. The van der Waals surface area contributed by atoms with Crippen LogP contribution in [0.2, 0.25) is 0 Å². The molecule has 0 aromatic heterocycles. The number of nitrogens with zero attached hydrogens (tertiary/aromatic N) is 3. The zero-order chi connectivity index (χ0) is 24.9. The highest BCUT2D eigenvalue weighted by molar-refractivity contribution is 6.03. The maximum absolute atomic E-state index is 13.3. The molecule has 1 saturated heterocycles. The Kier molecular flexibility index (Phi) is 7.80. The van der Waals surface area contributed by atoms with Crippen LogP contribution in [0.25, 0.3) is 0 Å². The Balaban J connectivity index is 1.42.